The summed E-state index contributed by atoms with van der Waals surface area (Å²) < 4.78 is 0. The van der Waals surface area contributed by atoms with Crippen molar-refractivity contribution in [2.24, 2.45) is 16.7 Å². The van der Waals surface area contributed by atoms with Crippen LogP contribution in [0.1, 0.15) is 58.7 Å². The molecule has 2 bridgehead atoms. The number of nitrogens with one attached hydrogen (secondary N) is 1. The van der Waals surface area contributed by atoms with Gasteiger partial charge in [0, 0.05) is 18.3 Å². The van der Waals surface area contributed by atoms with Gasteiger partial charge in [0.05, 0.1) is 5.69 Å². The van der Waals surface area contributed by atoms with Gasteiger partial charge >= 0.3 is 0 Å². The first-order valence-electron chi connectivity index (χ1n) is 7.60. The van der Waals surface area contributed by atoms with Gasteiger partial charge in [-0.2, -0.15) is 0 Å². The van der Waals surface area contributed by atoms with Crippen molar-refractivity contribution in [3.05, 3.63) is 30.1 Å². The van der Waals surface area contributed by atoms with Gasteiger partial charge in [-0.15, -0.1) is 0 Å². The van der Waals surface area contributed by atoms with E-state index in [1.807, 2.05) is 12.3 Å². The zero-order valence-electron chi connectivity index (χ0n) is 12.6. The first-order chi connectivity index (χ1) is 8.93. The van der Waals surface area contributed by atoms with Gasteiger partial charge in [-0.3, -0.25) is 4.98 Å². The number of hydrogen-bond acceptors (Lipinski definition) is 2. The number of nitrogens with zero attached hydrogens (tertiary/aromatic N) is 1. The molecule has 1 N–H and O–H groups in total. The van der Waals surface area contributed by atoms with Crippen LogP contribution in [0.4, 0.5) is 0 Å². The number of rotatable bonds is 3. The molecule has 0 amide bonds. The normalized spacial score (nSPS) is 37.5. The zero-order chi connectivity index (χ0) is 13.7. The third kappa shape index (κ3) is 2.01. The summed E-state index contributed by atoms with van der Waals surface area (Å²) >= 11 is 0. The lowest BCUT2D eigenvalue weighted by molar-refractivity contribution is 0.0998. The summed E-state index contributed by atoms with van der Waals surface area (Å²) in [7, 11) is 0. The lowest BCUT2D eigenvalue weighted by Crippen LogP contribution is -2.51. The Bertz CT molecular complexity index is 449. The second kappa shape index (κ2) is 4.31. The van der Waals surface area contributed by atoms with Crippen LogP contribution in [0.3, 0.4) is 0 Å². The van der Waals surface area contributed by atoms with Gasteiger partial charge in [-0.25, -0.2) is 0 Å². The van der Waals surface area contributed by atoms with E-state index in [4.69, 9.17) is 0 Å². The molecule has 0 aliphatic heterocycles. The van der Waals surface area contributed by atoms with E-state index in [0.717, 1.165) is 11.6 Å². The first kappa shape index (κ1) is 13.1. The van der Waals surface area contributed by atoms with Crippen LogP contribution in [0.25, 0.3) is 0 Å². The number of fused-ring (bicyclic) bond motifs is 2. The van der Waals surface area contributed by atoms with Crippen molar-refractivity contribution in [3.63, 3.8) is 0 Å². The molecule has 0 saturated heterocycles. The van der Waals surface area contributed by atoms with Crippen molar-refractivity contribution in [3.8, 4) is 0 Å². The van der Waals surface area contributed by atoms with Crippen molar-refractivity contribution in [2.75, 3.05) is 0 Å². The third-order valence-corrected chi connectivity index (χ3v) is 5.82. The van der Waals surface area contributed by atoms with E-state index in [9.17, 15) is 0 Å². The smallest absolute Gasteiger partial charge is 0.0570 e. The molecular weight excluding hydrogens is 232 g/mol. The van der Waals surface area contributed by atoms with Crippen LogP contribution < -0.4 is 5.32 Å². The fourth-order valence-electron chi connectivity index (χ4n) is 4.69. The Kier molecular flexibility index (Phi) is 2.97. The molecule has 4 atom stereocenters. The molecule has 0 radical (unpaired) electrons. The first-order valence-corrected chi connectivity index (χ1v) is 7.60. The van der Waals surface area contributed by atoms with Crippen LogP contribution in [-0.4, -0.2) is 11.0 Å². The molecule has 2 aliphatic carbocycles. The molecule has 2 heteroatoms. The van der Waals surface area contributed by atoms with E-state index in [1.54, 1.807) is 0 Å². The van der Waals surface area contributed by atoms with Gasteiger partial charge in [0.15, 0.2) is 0 Å². The number of pyridine rings is 1. The van der Waals surface area contributed by atoms with Crippen LogP contribution in [0.5, 0.6) is 0 Å². The van der Waals surface area contributed by atoms with E-state index in [0.29, 0.717) is 22.9 Å². The van der Waals surface area contributed by atoms with E-state index in [2.05, 4.69) is 50.1 Å². The Morgan fingerprint density at radius 1 is 1.32 bits per heavy atom. The highest BCUT2D eigenvalue weighted by Crippen LogP contribution is 2.62. The lowest BCUT2D eigenvalue weighted by Gasteiger charge is -2.44. The highest BCUT2D eigenvalue weighted by Gasteiger charge is 2.59. The van der Waals surface area contributed by atoms with E-state index in [-0.39, 0.29) is 0 Å². The largest absolute Gasteiger partial charge is 0.305 e. The predicted molar refractivity (Wildman–Crippen MR) is 78.8 cm³/mol. The van der Waals surface area contributed by atoms with Crippen LogP contribution in [0, 0.1) is 16.7 Å². The fraction of sp³-hybridized carbons (Fsp3) is 0.706. The Balaban J connectivity index is 1.80. The molecular formula is C17H26N2. The molecule has 19 heavy (non-hydrogen) atoms. The summed E-state index contributed by atoms with van der Waals surface area (Å²) in [6.45, 7) is 9.62. The summed E-state index contributed by atoms with van der Waals surface area (Å²) in [4.78, 5) is 4.49. The predicted octanol–water partition coefficient (Wildman–Crippen LogP) is 3.95. The third-order valence-electron chi connectivity index (χ3n) is 5.82. The highest BCUT2D eigenvalue weighted by molar-refractivity contribution is 5.15. The summed E-state index contributed by atoms with van der Waals surface area (Å²) in [5.41, 5.74) is 2.05. The van der Waals surface area contributed by atoms with E-state index < -0.39 is 0 Å². The molecule has 3 rings (SSSR count). The second-order valence-corrected chi connectivity index (χ2v) is 7.49. The highest BCUT2D eigenvalue weighted by atomic mass is 15.0. The topological polar surface area (TPSA) is 24.9 Å². The zero-order valence-corrected chi connectivity index (χ0v) is 12.6. The quantitative estimate of drug-likeness (QED) is 0.888. The van der Waals surface area contributed by atoms with Crippen LogP contribution in [0.15, 0.2) is 24.4 Å². The second-order valence-electron chi connectivity index (χ2n) is 7.49. The molecule has 0 spiro atoms. The molecule has 1 heterocycles. The van der Waals surface area contributed by atoms with Crippen molar-refractivity contribution >= 4 is 0 Å². The summed E-state index contributed by atoms with van der Waals surface area (Å²) in [6, 6.07) is 7.13. The monoisotopic (exact) mass is 258 g/mol. The maximum atomic E-state index is 4.49. The maximum Gasteiger partial charge on any atom is 0.0570 e. The van der Waals surface area contributed by atoms with Crippen molar-refractivity contribution < 1.29 is 0 Å². The van der Waals surface area contributed by atoms with Crippen LogP contribution >= 0.6 is 0 Å². The number of hydrogen-bond donors (Lipinski definition) is 1. The Morgan fingerprint density at radius 3 is 2.68 bits per heavy atom. The van der Waals surface area contributed by atoms with E-state index in [1.165, 1.54) is 19.3 Å². The van der Waals surface area contributed by atoms with Gasteiger partial charge < -0.3 is 5.32 Å². The minimum absolute atomic E-state index is 0.335. The van der Waals surface area contributed by atoms with Crippen LogP contribution in [0.2, 0.25) is 0 Å². The lowest BCUT2D eigenvalue weighted by atomic mass is 9.68. The Hall–Kier alpha value is -0.890. The minimum Gasteiger partial charge on any atom is -0.305 e. The fourth-order valence-corrected chi connectivity index (χ4v) is 4.69. The van der Waals surface area contributed by atoms with Crippen molar-refractivity contribution in [2.45, 2.75) is 59.0 Å². The van der Waals surface area contributed by atoms with Gasteiger partial charge in [-0.1, -0.05) is 26.8 Å². The molecule has 0 aromatic carbocycles. The van der Waals surface area contributed by atoms with Gasteiger partial charge in [0.25, 0.3) is 0 Å². The maximum absolute atomic E-state index is 4.49. The van der Waals surface area contributed by atoms with Crippen molar-refractivity contribution in [1.82, 2.24) is 10.3 Å². The summed E-state index contributed by atoms with van der Waals surface area (Å²) in [5, 5.41) is 3.89. The standard InChI is InChI=1S/C17H26N2/c1-12(14-7-5-6-10-18-14)19-15-16(2,3)13-8-9-17(15,4)11-13/h5-7,10,12-13,15,19H,8-9,11H2,1-4H3/t12-,13?,15?,17?/m0/s1. The molecule has 2 saturated carbocycles. The molecule has 3 unspecified atom stereocenters. The molecule has 104 valence electrons. The average molecular weight is 258 g/mol. The SMILES string of the molecule is C[C@H](NC1C2(C)CCC(C2)C1(C)C)c1ccccn1. The number of aromatic nitrogens is 1. The van der Waals surface area contributed by atoms with Gasteiger partial charge in [0.1, 0.15) is 0 Å². The van der Waals surface area contributed by atoms with E-state index >= 15 is 0 Å². The van der Waals surface area contributed by atoms with Crippen LogP contribution in [-0.2, 0) is 0 Å². The molecule has 2 nitrogen and oxygen atoms in total. The molecule has 2 aliphatic rings. The molecule has 2 fully saturated rings. The van der Waals surface area contributed by atoms with Gasteiger partial charge in [0.2, 0.25) is 0 Å². The summed E-state index contributed by atoms with van der Waals surface area (Å²) in [5.74, 6) is 0.894. The van der Waals surface area contributed by atoms with Crippen molar-refractivity contribution in [1.29, 1.82) is 0 Å². The minimum atomic E-state index is 0.335. The Morgan fingerprint density at radius 2 is 2.11 bits per heavy atom. The molecule has 1 aromatic rings. The Labute approximate surface area is 117 Å². The summed E-state index contributed by atoms with van der Waals surface area (Å²) in [6.07, 6.45) is 6.08. The average Bonchev–Trinajstić information content (AvgIpc) is 2.87. The molecule has 1 aromatic heterocycles. The van der Waals surface area contributed by atoms with Gasteiger partial charge in [-0.05, 0) is 55.1 Å².